The van der Waals surface area contributed by atoms with Crippen molar-refractivity contribution in [1.82, 2.24) is 5.32 Å². The molecule has 0 spiro atoms. The van der Waals surface area contributed by atoms with Gasteiger partial charge in [0.1, 0.15) is 11.5 Å². The number of nitrogens with one attached hydrogen (secondary N) is 1. The molecule has 0 aromatic heterocycles. The van der Waals surface area contributed by atoms with Crippen LogP contribution in [0.15, 0.2) is 36.4 Å². The Kier molecular flexibility index (Phi) is 3.84. The highest BCUT2D eigenvalue weighted by Crippen LogP contribution is 2.44. The third kappa shape index (κ3) is 2.28. The Morgan fingerprint density at radius 3 is 2.29 bits per heavy atom. The molecule has 1 unspecified atom stereocenters. The fraction of sp³-hybridized carbons (Fsp3) is 0.333. The van der Waals surface area contributed by atoms with E-state index >= 15 is 0 Å². The lowest BCUT2D eigenvalue weighted by atomic mass is 9.95. The summed E-state index contributed by atoms with van der Waals surface area (Å²) in [5.74, 6) is 1.71. The summed E-state index contributed by atoms with van der Waals surface area (Å²) in [4.78, 5) is 0. The van der Waals surface area contributed by atoms with Crippen LogP contribution >= 0.6 is 0 Å². The first-order valence-corrected chi connectivity index (χ1v) is 7.30. The Hall–Kier alpha value is -2.00. The molecule has 3 rings (SSSR count). The zero-order valence-electron chi connectivity index (χ0n) is 12.8. The van der Waals surface area contributed by atoms with Gasteiger partial charge in [-0.25, -0.2) is 0 Å². The minimum atomic E-state index is 0.445. The summed E-state index contributed by atoms with van der Waals surface area (Å²) in [6.07, 6.45) is 2.22. The Balaban J connectivity index is 2.21. The van der Waals surface area contributed by atoms with E-state index in [2.05, 4.69) is 23.5 Å². The molecule has 0 bridgehead atoms. The van der Waals surface area contributed by atoms with E-state index in [9.17, 15) is 0 Å². The molecule has 0 amide bonds. The maximum Gasteiger partial charge on any atom is 0.130 e. The molecule has 0 saturated carbocycles. The van der Waals surface area contributed by atoms with Crippen molar-refractivity contribution in [2.24, 2.45) is 0 Å². The molecule has 1 N–H and O–H groups in total. The number of benzene rings is 2. The molecule has 0 heterocycles. The molecule has 3 nitrogen and oxygen atoms in total. The Labute approximate surface area is 125 Å². The van der Waals surface area contributed by atoms with Crippen LogP contribution in [0.3, 0.4) is 0 Å². The van der Waals surface area contributed by atoms with Crippen LogP contribution in [-0.2, 0) is 6.42 Å². The van der Waals surface area contributed by atoms with Crippen molar-refractivity contribution in [3.05, 3.63) is 47.5 Å². The van der Waals surface area contributed by atoms with Gasteiger partial charge in [0, 0.05) is 6.04 Å². The van der Waals surface area contributed by atoms with Crippen molar-refractivity contribution in [3.8, 4) is 22.6 Å². The number of hydrogen-bond acceptors (Lipinski definition) is 3. The summed E-state index contributed by atoms with van der Waals surface area (Å²) in [5.41, 5.74) is 5.07. The van der Waals surface area contributed by atoms with E-state index in [-0.39, 0.29) is 0 Å². The third-order valence-electron chi connectivity index (χ3n) is 4.32. The van der Waals surface area contributed by atoms with Gasteiger partial charge in [-0.05, 0) is 48.7 Å². The van der Waals surface area contributed by atoms with Gasteiger partial charge in [-0.1, -0.05) is 24.3 Å². The SMILES string of the molecule is CNC1CCc2c(-c3c(OC)cccc3OC)cccc21. The number of ether oxygens (including phenoxy) is 2. The number of hydrogen-bond donors (Lipinski definition) is 1. The quantitative estimate of drug-likeness (QED) is 0.930. The molecule has 2 aromatic rings. The maximum atomic E-state index is 5.56. The minimum absolute atomic E-state index is 0.445. The van der Waals surface area contributed by atoms with E-state index in [0.717, 1.165) is 29.9 Å². The summed E-state index contributed by atoms with van der Waals surface area (Å²) in [6, 6.07) is 12.9. The van der Waals surface area contributed by atoms with Gasteiger partial charge in [0.2, 0.25) is 0 Å². The van der Waals surface area contributed by atoms with E-state index in [1.807, 2.05) is 25.2 Å². The lowest BCUT2D eigenvalue weighted by Crippen LogP contribution is -2.12. The molecule has 21 heavy (non-hydrogen) atoms. The second-order valence-corrected chi connectivity index (χ2v) is 5.29. The van der Waals surface area contributed by atoms with Gasteiger partial charge in [0.15, 0.2) is 0 Å². The molecule has 1 aliphatic rings. The highest BCUT2D eigenvalue weighted by atomic mass is 16.5. The molecule has 3 heteroatoms. The van der Waals surface area contributed by atoms with Crippen LogP contribution in [0, 0.1) is 0 Å². The van der Waals surface area contributed by atoms with Crippen LogP contribution in [0.1, 0.15) is 23.6 Å². The van der Waals surface area contributed by atoms with E-state index in [1.165, 1.54) is 16.7 Å². The fourth-order valence-electron chi connectivity index (χ4n) is 3.31. The summed E-state index contributed by atoms with van der Waals surface area (Å²) in [7, 11) is 5.44. The van der Waals surface area contributed by atoms with Crippen molar-refractivity contribution in [3.63, 3.8) is 0 Å². The lowest BCUT2D eigenvalue weighted by molar-refractivity contribution is 0.397. The molecule has 1 aliphatic carbocycles. The van der Waals surface area contributed by atoms with Crippen LogP contribution in [-0.4, -0.2) is 21.3 Å². The minimum Gasteiger partial charge on any atom is -0.496 e. The highest BCUT2D eigenvalue weighted by Gasteiger charge is 2.25. The molecular weight excluding hydrogens is 262 g/mol. The van der Waals surface area contributed by atoms with Crippen LogP contribution in [0.4, 0.5) is 0 Å². The van der Waals surface area contributed by atoms with Crippen LogP contribution < -0.4 is 14.8 Å². The van der Waals surface area contributed by atoms with Crippen LogP contribution in [0.5, 0.6) is 11.5 Å². The summed E-state index contributed by atoms with van der Waals surface area (Å²) >= 11 is 0. The van der Waals surface area contributed by atoms with Crippen molar-refractivity contribution in [1.29, 1.82) is 0 Å². The number of fused-ring (bicyclic) bond motifs is 1. The van der Waals surface area contributed by atoms with Crippen molar-refractivity contribution in [2.45, 2.75) is 18.9 Å². The molecule has 0 saturated heterocycles. The van der Waals surface area contributed by atoms with Crippen molar-refractivity contribution < 1.29 is 9.47 Å². The molecule has 0 fully saturated rings. The van der Waals surface area contributed by atoms with E-state index in [1.54, 1.807) is 14.2 Å². The summed E-state index contributed by atoms with van der Waals surface area (Å²) in [6.45, 7) is 0. The third-order valence-corrected chi connectivity index (χ3v) is 4.32. The van der Waals surface area contributed by atoms with Crippen molar-refractivity contribution >= 4 is 0 Å². The maximum absolute atomic E-state index is 5.56. The van der Waals surface area contributed by atoms with Gasteiger partial charge >= 0.3 is 0 Å². The van der Waals surface area contributed by atoms with Gasteiger partial charge < -0.3 is 14.8 Å². The number of methoxy groups -OCH3 is 2. The van der Waals surface area contributed by atoms with Crippen LogP contribution in [0.25, 0.3) is 11.1 Å². The Bertz CT molecular complexity index is 629. The lowest BCUT2D eigenvalue weighted by Gasteiger charge is -2.17. The number of rotatable bonds is 4. The molecule has 0 radical (unpaired) electrons. The van der Waals surface area contributed by atoms with Crippen LogP contribution in [0.2, 0.25) is 0 Å². The van der Waals surface area contributed by atoms with E-state index in [0.29, 0.717) is 6.04 Å². The second kappa shape index (κ2) is 5.78. The van der Waals surface area contributed by atoms with E-state index < -0.39 is 0 Å². The topological polar surface area (TPSA) is 30.5 Å². The average molecular weight is 283 g/mol. The molecule has 0 aliphatic heterocycles. The molecule has 110 valence electrons. The summed E-state index contributed by atoms with van der Waals surface area (Å²) < 4.78 is 11.1. The fourth-order valence-corrected chi connectivity index (χ4v) is 3.31. The highest BCUT2D eigenvalue weighted by molar-refractivity contribution is 5.80. The molecule has 1 atom stereocenters. The normalized spacial score (nSPS) is 16.6. The Morgan fingerprint density at radius 2 is 1.67 bits per heavy atom. The van der Waals surface area contributed by atoms with Gasteiger partial charge in [0.25, 0.3) is 0 Å². The van der Waals surface area contributed by atoms with Gasteiger partial charge in [-0.2, -0.15) is 0 Å². The van der Waals surface area contributed by atoms with Crippen molar-refractivity contribution in [2.75, 3.05) is 21.3 Å². The second-order valence-electron chi connectivity index (χ2n) is 5.29. The average Bonchev–Trinajstić information content (AvgIpc) is 2.97. The molecule has 2 aromatic carbocycles. The van der Waals surface area contributed by atoms with Gasteiger partial charge in [0.05, 0.1) is 19.8 Å². The summed E-state index contributed by atoms with van der Waals surface area (Å²) in [5, 5.41) is 3.39. The monoisotopic (exact) mass is 283 g/mol. The van der Waals surface area contributed by atoms with Gasteiger partial charge in [-0.3, -0.25) is 0 Å². The largest absolute Gasteiger partial charge is 0.496 e. The van der Waals surface area contributed by atoms with Gasteiger partial charge in [-0.15, -0.1) is 0 Å². The first-order chi connectivity index (χ1) is 10.3. The Morgan fingerprint density at radius 1 is 1.00 bits per heavy atom. The standard InChI is InChI=1S/C18H21NO2/c1-19-15-11-10-12-13(15)6-4-7-14(12)18-16(20-2)8-5-9-17(18)21-3/h4-9,15,19H,10-11H2,1-3H3. The smallest absolute Gasteiger partial charge is 0.130 e. The molecular formula is C18H21NO2. The predicted octanol–water partition coefficient (Wildman–Crippen LogP) is 3.58. The zero-order chi connectivity index (χ0) is 14.8. The van der Waals surface area contributed by atoms with E-state index in [4.69, 9.17) is 9.47 Å². The first kappa shape index (κ1) is 14.0. The zero-order valence-corrected chi connectivity index (χ0v) is 12.8. The first-order valence-electron chi connectivity index (χ1n) is 7.30. The predicted molar refractivity (Wildman–Crippen MR) is 85.1 cm³/mol.